The molecule has 1 unspecified atom stereocenters. The monoisotopic (exact) mass is 279 g/mol. The van der Waals surface area contributed by atoms with E-state index in [-0.39, 0.29) is 30.4 Å². The molecule has 0 spiro atoms. The van der Waals surface area contributed by atoms with Gasteiger partial charge in [0.15, 0.2) is 0 Å². The Bertz CT molecular complexity index is 574. The molecular weight excluding hydrogens is 260 g/mol. The number of hydrogen-bond acceptors (Lipinski definition) is 5. The van der Waals surface area contributed by atoms with Crippen molar-refractivity contribution in [1.29, 1.82) is 0 Å². The van der Waals surface area contributed by atoms with Crippen molar-refractivity contribution < 1.29 is 15.7 Å². The van der Waals surface area contributed by atoms with Crippen LogP contribution in [0.2, 0.25) is 1.41 Å². The maximum Gasteiger partial charge on any atom is 0.274 e. The lowest BCUT2D eigenvalue weighted by molar-refractivity contribution is -0.129. The number of fused-ring (bicyclic) bond motifs is 1. The van der Waals surface area contributed by atoms with Gasteiger partial charge in [0, 0.05) is 13.2 Å². The Morgan fingerprint density at radius 2 is 2.30 bits per heavy atom. The van der Waals surface area contributed by atoms with Crippen LogP contribution in [0.3, 0.4) is 0 Å². The van der Waals surface area contributed by atoms with Crippen LogP contribution in [0.25, 0.3) is 0 Å². The highest BCUT2D eigenvalue weighted by atomic mass is 16.5. The van der Waals surface area contributed by atoms with E-state index in [1.807, 2.05) is 13.8 Å². The van der Waals surface area contributed by atoms with E-state index in [9.17, 15) is 9.59 Å². The summed E-state index contributed by atoms with van der Waals surface area (Å²) < 4.78 is 13.0. The average molecular weight is 279 g/mol. The topological polar surface area (TPSA) is 73.9 Å². The Morgan fingerprint density at radius 1 is 1.55 bits per heavy atom. The maximum atomic E-state index is 12.5. The van der Waals surface area contributed by atoms with Gasteiger partial charge in [-0.2, -0.15) is 0 Å². The van der Waals surface area contributed by atoms with Gasteiger partial charge in [-0.1, -0.05) is 0 Å². The molecule has 0 fully saturated rings. The first-order chi connectivity index (χ1) is 9.95. The molecule has 0 saturated heterocycles. The smallest absolute Gasteiger partial charge is 0.274 e. The summed E-state index contributed by atoms with van der Waals surface area (Å²) in [5.41, 5.74) is 1.85. The number of hydrazine groups is 1. The van der Waals surface area contributed by atoms with E-state index in [0.29, 0.717) is 23.7 Å². The van der Waals surface area contributed by atoms with Crippen molar-refractivity contribution in [1.82, 2.24) is 20.6 Å². The van der Waals surface area contributed by atoms with E-state index in [1.54, 1.807) is 18.1 Å². The van der Waals surface area contributed by atoms with Crippen LogP contribution in [0.5, 0.6) is 0 Å². The number of nitrogens with one attached hydrogen (secondary N) is 2. The Hall–Kier alpha value is -1.86. The summed E-state index contributed by atoms with van der Waals surface area (Å²) >= 11 is 0. The van der Waals surface area contributed by atoms with Gasteiger partial charge >= 0.3 is 0 Å². The Labute approximate surface area is 118 Å². The summed E-state index contributed by atoms with van der Waals surface area (Å²) in [4.78, 5) is 26.6. The summed E-state index contributed by atoms with van der Waals surface area (Å²) in [5, 5.41) is 4.26. The summed E-state index contributed by atoms with van der Waals surface area (Å²) in [6, 6.07) is -0.326. The maximum absolute atomic E-state index is 12.5. The van der Waals surface area contributed by atoms with Crippen LogP contribution in [-0.2, 0) is 14.3 Å². The number of ether oxygens (including phenoxy) is 1. The second kappa shape index (κ2) is 4.60. The number of nitrogens with zero attached hydrogens (tertiary/aromatic N) is 2. The molecule has 2 amide bonds. The van der Waals surface area contributed by atoms with Crippen molar-refractivity contribution in [3.05, 3.63) is 23.2 Å². The molecule has 0 bridgehead atoms. The van der Waals surface area contributed by atoms with Crippen LogP contribution in [0.1, 0.15) is 13.8 Å². The van der Waals surface area contributed by atoms with E-state index < -0.39 is 0 Å². The third-order valence-electron chi connectivity index (χ3n) is 3.67. The zero-order chi connectivity index (χ0) is 15.3. The first-order valence-corrected chi connectivity index (χ1v) is 6.60. The van der Waals surface area contributed by atoms with Crippen molar-refractivity contribution in [2.24, 2.45) is 0 Å². The highest BCUT2D eigenvalue weighted by Crippen LogP contribution is 2.28. The third kappa shape index (κ3) is 1.82. The molecule has 20 heavy (non-hydrogen) atoms. The van der Waals surface area contributed by atoms with Crippen LogP contribution < -0.4 is 10.7 Å². The van der Waals surface area contributed by atoms with Crippen LogP contribution in [0.4, 0.5) is 0 Å². The molecule has 0 aromatic rings. The number of methoxy groups -OCH3 is 1. The van der Waals surface area contributed by atoms with E-state index >= 15 is 0 Å². The van der Waals surface area contributed by atoms with Crippen molar-refractivity contribution in [3.63, 3.8) is 0 Å². The van der Waals surface area contributed by atoms with Gasteiger partial charge in [0.2, 0.25) is 0 Å². The lowest BCUT2D eigenvalue weighted by Gasteiger charge is -2.26. The molecule has 2 atom stereocenters. The summed E-state index contributed by atoms with van der Waals surface area (Å²) in [7, 11) is 1.58. The first kappa shape index (κ1) is 11.9. The molecule has 0 saturated carbocycles. The van der Waals surface area contributed by atoms with Gasteiger partial charge in [-0.15, -0.1) is 0 Å². The molecule has 0 radical (unpaired) electrons. The van der Waals surface area contributed by atoms with Gasteiger partial charge in [-0.3, -0.25) is 9.59 Å². The number of hydrogen-bond donors (Lipinski definition) is 2. The molecule has 0 aromatic carbocycles. The molecule has 7 nitrogen and oxygen atoms in total. The molecule has 0 aliphatic carbocycles. The highest BCUT2D eigenvalue weighted by Gasteiger charge is 2.44. The van der Waals surface area contributed by atoms with Crippen LogP contribution in [-0.4, -0.2) is 54.1 Å². The minimum Gasteiger partial charge on any atom is -0.383 e. The predicted molar refractivity (Wildman–Crippen MR) is 70.7 cm³/mol. The second-order valence-electron chi connectivity index (χ2n) is 5.24. The van der Waals surface area contributed by atoms with Crippen molar-refractivity contribution in [2.75, 3.05) is 20.3 Å². The molecule has 3 rings (SSSR count). The Morgan fingerprint density at radius 3 is 3.00 bits per heavy atom. The summed E-state index contributed by atoms with van der Waals surface area (Å²) in [6.45, 7) is 4.35. The minimum atomic E-state index is -0.310. The second-order valence-corrected chi connectivity index (χ2v) is 5.24. The van der Waals surface area contributed by atoms with Crippen molar-refractivity contribution >= 4 is 11.8 Å². The van der Waals surface area contributed by atoms with E-state index in [1.165, 1.54) is 5.01 Å². The first-order valence-electron chi connectivity index (χ1n) is 7.04. The van der Waals surface area contributed by atoms with Gasteiger partial charge in [-0.25, -0.2) is 10.4 Å². The van der Waals surface area contributed by atoms with Gasteiger partial charge in [0.05, 0.1) is 24.8 Å². The highest BCUT2D eigenvalue weighted by molar-refractivity contribution is 6.10. The molecule has 7 heteroatoms. The third-order valence-corrected chi connectivity index (χ3v) is 3.67. The number of carbonyl (C=O) groups is 2. The van der Waals surface area contributed by atoms with Crippen LogP contribution in [0, 0.1) is 0 Å². The molecule has 108 valence electrons. The van der Waals surface area contributed by atoms with Gasteiger partial charge < -0.3 is 15.0 Å². The number of carbonyl (C=O) groups excluding carboxylic acids is 2. The quantitative estimate of drug-likeness (QED) is 0.714. The van der Waals surface area contributed by atoms with E-state index in [2.05, 4.69) is 5.32 Å². The molecule has 3 aliphatic heterocycles. The lowest BCUT2D eigenvalue weighted by Crippen LogP contribution is -2.48. The van der Waals surface area contributed by atoms with E-state index in [4.69, 9.17) is 6.15 Å². The lowest BCUT2D eigenvalue weighted by atomic mass is 10.2. The zero-order valence-electron chi connectivity index (χ0n) is 12.7. The molecule has 2 N–H and O–H groups in total. The molecule has 3 aliphatic rings. The summed E-state index contributed by atoms with van der Waals surface area (Å²) in [6.07, 6.45) is 1.75. The largest absolute Gasteiger partial charge is 0.383 e. The fraction of sp³-hybridized carbons (Fsp3) is 0.538. The van der Waals surface area contributed by atoms with Gasteiger partial charge in [-0.05, 0) is 19.9 Å². The fourth-order valence-corrected chi connectivity index (χ4v) is 2.67. The Balaban J connectivity index is 1.88. The van der Waals surface area contributed by atoms with Crippen LogP contribution in [0.15, 0.2) is 23.2 Å². The fourth-order valence-electron chi connectivity index (χ4n) is 2.67. The predicted octanol–water partition coefficient (Wildman–Crippen LogP) is -0.702. The van der Waals surface area contributed by atoms with Crippen LogP contribution >= 0.6 is 0 Å². The molecule has 0 aromatic heterocycles. The number of amides is 2. The molecular formula is C13H18N4O3. The standard InChI is InChI=1S/C13H18N4O3/c1-7-4-10-14-11-9(12(18)17(10)15-7)5-16(13(11)19)8(2)6-20-3/h4,7-8,14-15H,5-6H2,1-3H3/t7?,8-/m0/s1/i/hD. The molecule has 3 heterocycles. The SMILES string of the molecule is [2H]N1C(C)C=C2NC3=C(CN([C@@H](C)COC)C3=O)C(=O)N21. The van der Waals surface area contributed by atoms with Crippen molar-refractivity contribution in [2.45, 2.75) is 25.9 Å². The van der Waals surface area contributed by atoms with E-state index in [0.717, 1.165) is 5.42 Å². The Kier molecular flexibility index (Phi) is 2.75. The minimum absolute atomic E-state index is 0.113. The zero-order valence-corrected chi connectivity index (χ0v) is 11.7. The normalized spacial score (nSPS) is 28.2. The van der Waals surface area contributed by atoms with Gasteiger partial charge in [0.25, 0.3) is 11.8 Å². The number of rotatable bonds is 3. The van der Waals surface area contributed by atoms with Gasteiger partial charge in [0.1, 0.15) is 12.9 Å². The summed E-state index contributed by atoms with van der Waals surface area (Å²) in [5.74, 6) is -0.0230. The van der Waals surface area contributed by atoms with Crippen molar-refractivity contribution in [3.8, 4) is 0 Å². The average Bonchev–Trinajstić information content (AvgIpc) is 2.90.